The molecule has 0 aromatic heterocycles. The third-order valence-electron chi connectivity index (χ3n) is 1.88. The molecular formula is C9H9FNO2-. The zero-order valence-corrected chi connectivity index (χ0v) is 7.08. The van der Waals surface area contributed by atoms with Gasteiger partial charge in [0.25, 0.3) is 0 Å². The average Bonchev–Trinajstić information content (AvgIpc) is 2.08. The molecule has 0 saturated carbocycles. The van der Waals surface area contributed by atoms with Crippen molar-refractivity contribution >= 4 is 11.7 Å². The van der Waals surface area contributed by atoms with E-state index >= 15 is 0 Å². The van der Waals surface area contributed by atoms with Crippen LogP contribution >= 0.6 is 0 Å². The molecule has 0 aliphatic rings. The van der Waals surface area contributed by atoms with Gasteiger partial charge in [0.05, 0.1) is 5.69 Å². The maximum Gasteiger partial charge on any atom is 0.146 e. The lowest BCUT2D eigenvalue weighted by Crippen LogP contribution is -2.28. The molecule has 0 fully saturated rings. The maximum atomic E-state index is 12.9. The van der Waals surface area contributed by atoms with Crippen molar-refractivity contribution in [1.82, 2.24) is 0 Å². The number of carbonyl (C=O) groups excluding carboxylic acids is 1. The highest BCUT2D eigenvalue weighted by molar-refractivity contribution is 5.73. The zero-order chi connectivity index (χ0) is 10.0. The molecule has 1 aromatic rings. The second-order valence-corrected chi connectivity index (χ2v) is 2.82. The minimum atomic E-state index is -1.23. The highest BCUT2D eigenvalue weighted by atomic mass is 19.1. The summed E-state index contributed by atoms with van der Waals surface area (Å²) in [6.07, 6.45) is 0. The number of aliphatic carboxylic acids is 1. The van der Waals surface area contributed by atoms with Gasteiger partial charge in [-0.05, 0) is 17.7 Å². The van der Waals surface area contributed by atoms with Crippen LogP contribution in [0.2, 0.25) is 0 Å². The van der Waals surface area contributed by atoms with Crippen LogP contribution in [0.15, 0.2) is 18.2 Å². The first-order valence-corrected chi connectivity index (χ1v) is 3.78. The molecular weight excluding hydrogens is 173 g/mol. The Balaban J connectivity index is 3.03. The largest absolute Gasteiger partial charge is 0.550 e. The summed E-state index contributed by atoms with van der Waals surface area (Å²) in [5.74, 6) is -2.66. The second kappa shape index (κ2) is 3.43. The smallest absolute Gasteiger partial charge is 0.146 e. The first-order chi connectivity index (χ1) is 6.02. The number of rotatable bonds is 2. The number of nitrogen functional groups attached to an aromatic ring is 1. The predicted molar refractivity (Wildman–Crippen MR) is 44.2 cm³/mol. The van der Waals surface area contributed by atoms with E-state index in [-0.39, 0.29) is 5.69 Å². The molecule has 0 aliphatic carbocycles. The van der Waals surface area contributed by atoms with Gasteiger partial charge in [-0.15, -0.1) is 0 Å². The van der Waals surface area contributed by atoms with E-state index in [1.165, 1.54) is 19.1 Å². The Labute approximate surface area is 75.0 Å². The Bertz CT molecular complexity index is 338. The van der Waals surface area contributed by atoms with E-state index in [4.69, 9.17) is 5.73 Å². The number of carboxylic acid groups (broad SMARTS) is 1. The Hall–Kier alpha value is -1.58. The summed E-state index contributed by atoms with van der Waals surface area (Å²) < 4.78 is 12.9. The fourth-order valence-electron chi connectivity index (χ4n) is 0.949. The minimum absolute atomic E-state index is 0.00861. The van der Waals surface area contributed by atoms with E-state index in [1.54, 1.807) is 0 Å². The van der Waals surface area contributed by atoms with Crippen molar-refractivity contribution in [1.29, 1.82) is 0 Å². The molecule has 0 heterocycles. The topological polar surface area (TPSA) is 66.1 Å². The molecule has 70 valence electrons. The molecule has 0 aliphatic heterocycles. The molecule has 0 bridgehead atoms. The summed E-state index contributed by atoms with van der Waals surface area (Å²) in [5, 5.41) is 10.4. The van der Waals surface area contributed by atoms with Gasteiger partial charge in [-0.1, -0.05) is 13.0 Å². The highest BCUT2D eigenvalue weighted by Crippen LogP contribution is 2.18. The first-order valence-electron chi connectivity index (χ1n) is 3.78. The van der Waals surface area contributed by atoms with Crippen LogP contribution in [-0.2, 0) is 4.79 Å². The van der Waals surface area contributed by atoms with Gasteiger partial charge in [-0.2, -0.15) is 0 Å². The van der Waals surface area contributed by atoms with Crippen molar-refractivity contribution in [3.05, 3.63) is 29.6 Å². The quantitative estimate of drug-likeness (QED) is 0.667. The summed E-state index contributed by atoms with van der Waals surface area (Å²) >= 11 is 0. The van der Waals surface area contributed by atoms with E-state index in [0.717, 1.165) is 6.07 Å². The highest BCUT2D eigenvalue weighted by Gasteiger charge is 2.08. The molecule has 0 saturated heterocycles. The van der Waals surface area contributed by atoms with Crippen LogP contribution in [0.25, 0.3) is 0 Å². The Morgan fingerprint density at radius 2 is 2.23 bits per heavy atom. The number of hydrogen-bond donors (Lipinski definition) is 1. The van der Waals surface area contributed by atoms with Crippen LogP contribution in [0.3, 0.4) is 0 Å². The number of hydrogen-bond acceptors (Lipinski definition) is 3. The average molecular weight is 182 g/mol. The number of halogens is 1. The van der Waals surface area contributed by atoms with E-state index in [2.05, 4.69) is 0 Å². The monoisotopic (exact) mass is 182 g/mol. The normalized spacial score (nSPS) is 12.5. The number of benzene rings is 1. The molecule has 1 atom stereocenters. The van der Waals surface area contributed by atoms with Gasteiger partial charge in [-0.25, -0.2) is 4.39 Å². The molecule has 1 aromatic carbocycles. The van der Waals surface area contributed by atoms with Crippen LogP contribution < -0.4 is 10.8 Å². The SMILES string of the molecule is CC(C(=O)[O-])c1ccc(N)c(F)c1. The summed E-state index contributed by atoms with van der Waals surface area (Å²) in [6, 6.07) is 3.92. The molecule has 3 nitrogen and oxygen atoms in total. The molecule has 0 radical (unpaired) electrons. The van der Waals surface area contributed by atoms with Crippen molar-refractivity contribution in [2.24, 2.45) is 0 Å². The lowest BCUT2D eigenvalue weighted by molar-refractivity contribution is -0.307. The van der Waals surface area contributed by atoms with Crippen molar-refractivity contribution in [2.75, 3.05) is 5.73 Å². The number of anilines is 1. The molecule has 4 heteroatoms. The summed E-state index contributed by atoms with van der Waals surface area (Å²) in [6.45, 7) is 1.43. The van der Waals surface area contributed by atoms with E-state index in [1.807, 2.05) is 0 Å². The van der Waals surface area contributed by atoms with Gasteiger partial charge in [0.15, 0.2) is 0 Å². The van der Waals surface area contributed by atoms with Crippen molar-refractivity contribution in [3.63, 3.8) is 0 Å². The second-order valence-electron chi connectivity index (χ2n) is 2.82. The Kier molecular flexibility index (Phi) is 2.51. The van der Waals surface area contributed by atoms with Gasteiger partial charge in [0.2, 0.25) is 0 Å². The Morgan fingerprint density at radius 3 is 2.69 bits per heavy atom. The van der Waals surface area contributed by atoms with E-state index in [9.17, 15) is 14.3 Å². The van der Waals surface area contributed by atoms with Crippen LogP contribution in [-0.4, -0.2) is 5.97 Å². The number of carboxylic acids is 1. The van der Waals surface area contributed by atoms with Gasteiger partial charge < -0.3 is 15.6 Å². The first kappa shape index (κ1) is 9.51. The fraction of sp³-hybridized carbons (Fsp3) is 0.222. The van der Waals surface area contributed by atoms with E-state index in [0.29, 0.717) is 5.56 Å². The third-order valence-corrected chi connectivity index (χ3v) is 1.88. The molecule has 1 unspecified atom stereocenters. The van der Waals surface area contributed by atoms with Crippen molar-refractivity contribution in [2.45, 2.75) is 12.8 Å². The zero-order valence-electron chi connectivity index (χ0n) is 7.08. The number of carbonyl (C=O) groups is 1. The summed E-state index contributed by atoms with van der Waals surface area (Å²) in [7, 11) is 0. The van der Waals surface area contributed by atoms with Gasteiger partial charge in [-0.3, -0.25) is 0 Å². The lowest BCUT2D eigenvalue weighted by Gasteiger charge is -2.12. The van der Waals surface area contributed by atoms with Crippen molar-refractivity contribution in [3.8, 4) is 0 Å². The van der Waals surface area contributed by atoms with Crippen LogP contribution in [0.1, 0.15) is 18.4 Å². The van der Waals surface area contributed by atoms with Crippen LogP contribution in [0, 0.1) is 5.82 Å². The van der Waals surface area contributed by atoms with Crippen LogP contribution in [0.4, 0.5) is 10.1 Å². The van der Waals surface area contributed by atoms with Gasteiger partial charge in [0.1, 0.15) is 5.82 Å². The molecule has 0 amide bonds. The van der Waals surface area contributed by atoms with Crippen LogP contribution in [0.5, 0.6) is 0 Å². The van der Waals surface area contributed by atoms with Crippen molar-refractivity contribution < 1.29 is 14.3 Å². The maximum absolute atomic E-state index is 12.9. The fourth-order valence-corrected chi connectivity index (χ4v) is 0.949. The lowest BCUT2D eigenvalue weighted by atomic mass is 10.0. The predicted octanol–water partition coefficient (Wildman–Crippen LogP) is 0.261. The minimum Gasteiger partial charge on any atom is -0.550 e. The van der Waals surface area contributed by atoms with Gasteiger partial charge in [0, 0.05) is 11.9 Å². The number of nitrogens with two attached hydrogens (primary N) is 1. The summed E-state index contributed by atoms with van der Waals surface area (Å²) in [4.78, 5) is 10.4. The molecule has 2 N–H and O–H groups in total. The molecule has 1 rings (SSSR count). The molecule has 0 spiro atoms. The molecule has 13 heavy (non-hydrogen) atoms. The van der Waals surface area contributed by atoms with E-state index < -0.39 is 17.7 Å². The Morgan fingerprint density at radius 1 is 1.62 bits per heavy atom. The third kappa shape index (κ3) is 1.96. The summed E-state index contributed by atoms with van der Waals surface area (Å²) in [5.41, 5.74) is 5.59. The standard InChI is InChI=1S/C9H10FNO2/c1-5(9(12)13)6-2-3-8(11)7(10)4-6/h2-5H,11H2,1H3,(H,12,13)/p-1. The van der Waals surface area contributed by atoms with Gasteiger partial charge >= 0.3 is 0 Å².